The molecule has 0 unspecified atom stereocenters. The van der Waals surface area contributed by atoms with Gasteiger partial charge in [-0.2, -0.15) is 0 Å². The zero-order valence-electron chi connectivity index (χ0n) is 18.4. The summed E-state index contributed by atoms with van der Waals surface area (Å²) in [7, 11) is 0. The molecule has 3 rings (SSSR count). The number of aromatic amines is 1. The van der Waals surface area contributed by atoms with E-state index in [1.165, 1.54) is 9.47 Å². The highest BCUT2D eigenvalue weighted by Crippen LogP contribution is 2.38. The number of nitrogens with two attached hydrogens (primary N) is 1. The molecule has 0 radical (unpaired) electrons. The molecule has 1 aliphatic heterocycles. The molecule has 0 aliphatic carbocycles. The number of nitrogens with one attached hydrogen (secondary N) is 1. The van der Waals surface area contributed by atoms with Crippen LogP contribution in [0.3, 0.4) is 0 Å². The molecule has 32 heavy (non-hydrogen) atoms. The van der Waals surface area contributed by atoms with E-state index in [4.69, 9.17) is 26.8 Å². The van der Waals surface area contributed by atoms with E-state index in [1.54, 1.807) is 12.1 Å². The topological polar surface area (TPSA) is 120 Å². The zero-order chi connectivity index (χ0) is 23.3. The summed E-state index contributed by atoms with van der Waals surface area (Å²) in [5.41, 5.74) is 5.61. The minimum Gasteiger partial charge on any atom is -0.486 e. The fraction of sp³-hybridized carbons (Fsp3) is 0.500. The first-order valence-electron chi connectivity index (χ1n) is 10.9. The van der Waals surface area contributed by atoms with Crippen LogP contribution in [0.1, 0.15) is 45.1 Å². The summed E-state index contributed by atoms with van der Waals surface area (Å²) in [5.74, 6) is 0.610. The molecular weight excluding hydrogens is 436 g/mol. The Morgan fingerprint density at radius 1 is 1.19 bits per heavy atom. The van der Waals surface area contributed by atoms with Gasteiger partial charge in [0, 0.05) is 13.1 Å². The summed E-state index contributed by atoms with van der Waals surface area (Å²) in [6.07, 6.45) is 3.03. The van der Waals surface area contributed by atoms with Crippen molar-refractivity contribution >= 4 is 29.0 Å². The highest BCUT2D eigenvalue weighted by atomic mass is 35.5. The van der Waals surface area contributed by atoms with Crippen molar-refractivity contribution in [2.45, 2.75) is 52.5 Å². The lowest BCUT2D eigenvalue weighted by atomic mass is 10.1. The van der Waals surface area contributed by atoms with Gasteiger partial charge in [0.2, 0.25) is 5.91 Å². The maximum atomic E-state index is 13.3. The molecule has 174 valence electrons. The lowest BCUT2D eigenvalue weighted by molar-refractivity contribution is -0.118. The molecule has 9 nitrogen and oxygen atoms in total. The van der Waals surface area contributed by atoms with Crippen LogP contribution in [-0.4, -0.2) is 35.2 Å². The molecule has 0 bridgehead atoms. The second-order valence-corrected chi connectivity index (χ2v) is 8.08. The molecule has 0 atom stereocenters. The Morgan fingerprint density at radius 3 is 2.62 bits per heavy atom. The number of H-pyrrole nitrogens is 1. The zero-order valence-corrected chi connectivity index (χ0v) is 19.2. The average Bonchev–Trinajstić information content (AvgIpc) is 2.75. The number of carbonyl (C=O) groups is 1. The summed E-state index contributed by atoms with van der Waals surface area (Å²) < 4.78 is 12.4. The standard InChI is InChI=1S/C22H29ClN4O5/c1-3-5-7-26(18-20(24)27(8-6-4-2)22(30)25-21(18)29)17(28)13-14-11-15(23)19-16(12-14)31-9-10-32-19/h11-12H,3-10,13,24H2,1-2H3,(H,25,29,30). The number of aromatic nitrogens is 2. The van der Waals surface area contributed by atoms with E-state index in [9.17, 15) is 14.4 Å². The van der Waals surface area contributed by atoms with Gasteiger partial charge in [0.25, 0.3) is 5.56 Å². The van der Waals surface area contributed by atoms with Gasteiger partial charge in [-0.15, -0.1) is 0 Å². The number of nitrogen functional groups attached to an aromatic ring is 1. The third-order valence-corrected chi connectivity index (χ3v) is 5.55. The molecule has 0 fully saturated rings. The van der Waals surface area contributed by atoms with Gasteiger partial charge in [-0.25, -0.2) is 4.79 Å². The molecule has 3 N–H and O–H groups in total. The minimum absolute atomic E-state index is 0.00259. The fourth-order valence-corrected chi connectivity index (χ4v) is 3.88. The van der Waals surface area contributed by atoms with E-state index in [0.717, 1.165) is 12.8 Å². The number of carbonyl (C=O) groups excluding carboxylic acids is 1. The molecule has 0 saturated carbocycles. The molecule has 1 aromatic carbocycles. The predicted molar refractivity (Wildman–Crippen MR) is 124 cm³/mol. The Kier molecular flexibility index (Phi) is 7.84. The first kappa shape index (κ1) is 23.7. The first-order valence-corrected chi connectivity index (χ1v) is 11.3. The molecule has 2 heterocycles. The van der Waals surface area contributed by atoms with Crippen molar-refractivity contribution in [1.29, 1.82) is 0 Å². The van der Waals surface area contributed by atoms with E-state index in [0.29, 0.717) is 61.2 Å². The molecule has 1 aromatic heterocycles. The number of halogens is 1. The van der Waals surface area contributed by atoms with Crippen molar-refractivity contribution in [3.05, 3.63) is 43.6 Å². The van der Waals surface area contributed by atoms with Crippen LogP contribution in [0.2, 0.25) is 5.02 Å². The Labute approximate surface area is 191 Å². The van der Waals surface area contributed by atoms with Crippen LogP contribution < -0.4 is 31.4 Å². The number of fused-ring (bicyclic) bond motifs is 1. The van der Waals surface area contributed by atoms with Crippen molar-refractivity contribution in [3.8, 4) is 11.5 Å². The van der Waals surface area contributed by atoms with Gasteiger partial charge in [-0.1, -0.05) is 38.3 Å². The maximum absolute atomic E-state index is 13.3. The molecule has 0 saturated heterocycles. The number of benzene rings is 1. The summed E-state index contributed by atoms with van der Waals surface area (Å²) in [6.45, 7) is 5.44. The van der Waals surface area contributed by atoms with Gasteiger partial charge < -0.3 is 20.1 Å². The van der Waals surface area contributed by atoms with Crippen molar-refractivity contribution in [1.82, 2.24) is 9.55 Å². The molecule has 2 aromatic rings. The summed E-state index contributed by atoms with van der Waals surface area (Å²) in [5, 5.41) is 0.357. The quantitative estimate of drug-likeness (QED) is 0.588. The van der Waals surface area contributed by atoms with Crippen LogP contribution in [0, 0.1) is 0 Å². The molecular formula is C22H29ClN4O5. The summed E-state index contributed by atoms with van der Waals surface area (Å²) in [6, 6.07) is 3.37. The number of amides is 1. The third-order valence-electron chi connectivity index (χ3n) is 5.27. The highest BCUT2D eigenvalue weighted by molar-refractivity contribution is 6.32. The van der Waals surface area contributed by atoms with Crippen molar-refractivity contribution in [3.63, 3.8) is 0 Å². The lowest BCUT2D eigenvalue weighted by Gasteiger charge is -2.25. The van der Waals surface area contributed by atoms with Crippen molar-refractivity contribution in [2.75, 3.05) is 30.4 Å². The Hall–Kier alpha value is -2.94. The number of anilines is 2. The van der Waals surface area contributed by atoms with Gasteiger partial charge in [0.15, 0.2) is 17.2 Å². The SMILES string of the molecule is CCCCN(C(=O)Cc1cc(Cl)c2c(c1)OCCO2)c1c(N)n(CCCC)c(=O)[nH]c1=O. The molecule has 1 amide bonds. The Bertz CT molecular complexity index is 1090. The molecule has 0 spiro atoms. The monoisotopic (exact) mass is 464 g/mol. The predicted octanol–water partition coefficient (Wildman–Crippen LogP) is 2.72. The summed E-state index contributed by atoms with van der Waals surface area (Å²) >= 11 is 6.31. The van der Waals surface area contributed by atoms with Crippen molar-refractivity contribution in [2.24, 2.45) is 0 Å². The molecule has 10 heteroatoms. The number of hydrogen-bond acceptors (Lipinski definition) is 6. The van der Waals surface area contributed by atoms with E-state index in [-0.39, 0.29) is 23.8 Å². The Balaban J connectivity index is 1.97. The lowest BCUT2D eigenvalue weighted by Crippen LogP contribution is -2.42. The van der Waals surface area contributed by atoms with Crippen LogP contribution >= 0.6 is 11.6 Å². The number of hydrogen-bond donors (Lipinski definition) is 2. The van der Waals surface area contributed by atoms with Gasteiger partial charge in [0.1, 0.15) is 19.0 Å². The van der Waals surface area contributed by atoms with Crippen LogP contribution in [0.15, 0.2) is 21.7 Å². The van der Waals surface area contributed by atoms with Crippen LogP contribution in [-0.2, 0) is 17.8 Å². The fourth-order valence-electron chi connectivity index (χ4n) is 3.59. The summed E-state index contributed by atoms with van der Waals surface area (Å²) in [4.78, 5) is 42.0. The second kappa shape index (κ2) is 10.6. The maximum Gasteiger partial charge on any atom is 0.330 e. The van der Waals surface area contributed by atoms with Crippen LogP contribution in [0.4, 0.5) is 11.5 Å². The first-order chi connectivity index (χ1) is 15.4. The smallest absolute Gasteiger partial charge is 0.330 e. The van der Waals surface area contributed by atoms with Crippen LogP contribution in [0.25, 0.3) is 0 Å². The van der Waals surface area contributed by atoms with E-state index >= 15 is 0 Å². The van der Waals surface area contributed by atoms with Gasteiger partial charge in [0.05, 0.1) is 11.4 Å². The number of nitrogens with zero attached hydrogens (tertiary/aromatic N) is 2. The largest absolute Gasteiger partial charge is 0.486 e. The molecule has 1 aliphatic rings. The normalized spacial score (nSPS) is 12.6. The number of unbranched alkanes of at least 4 members (excludes halogenated alkanes) is 2. The van der Waals surface area contributed by atoms with E-state index < -0.39 is 11.2 Å². The Morgan fingerprint density at radius 2 is 1.91 bits per heavy atom. The third kappa shape index (κ3) is 5.09. The highest BCUT2D eigenvalue weighted by Gasteiger charge is 2.25. The van der Waals surface area contributed by atoms with Crippen LogP contribution in [0.5, 0.6) is 11.5 Å². The second-order valence-electron chi connectivity index (χ2n) is 7.68. The van der Waals surface area contributed by atoms with Gasteiger partial charge in [-0.05, 0) is 30.5 Å². The number of rotatable bonds is 9. The number of ether oxygens (including phenoxy) is 2. The van der Waals surface area contributed by atoms with E-state index in [2.05, 4.69) is 4.98 Å². The van der Waals surface area contributed by atoms with Gasteiger partial charge in [-0.3, -0.25) is 19.1 Å². The van der Waals surface area contributed by atoms with Gasteiger partial charge >= 0.3 is 5.69 Å². The minimum atomic E-state index is -0.676. The average molecular weight is 465 g/mol. The van der Waals surface area contributed by atoms with Crippen molar-refractivity contribution < 1.29 is 14.3 Å². The van der Waals surface area contributed by atoms with E-state index in [1.807, 2.05) is 13.8 Å².